The zero-order valence-corrected chi connectivity index (χ0v) is 12.1. The van der Waals surface area contributed by atoms with Crippen molar-refractivity contribution >= 4 is 21.6 Å². The fraction of sp³-hybridized carbons (Fsp3) is 0.200. The summed E-state index contributed by atoms with van der Waals surface area (Å²) in [6, 6.07) is 15.8. The van der Waals surface area contributed by atoms with Crippen LogP contribution < -0.4 is 4.90 Å². The lowest BCUT2D eigenvalue weighted by Gasteiger charge is -2.28. The van der Waals surface area contributed by atoms with Gasteiger partial charge in [0, 0.05) is 22.8 Å². The second kappa shape index (κ2) is 5.44. The largest absolute Gasteiger partial charge is 0.508 e. The Kier molecular flexibility index (Phi) is 3.92. The number of benzene rings is 2. The van der Waals surface area contributed by atoms with Crippen LogP contribution in [0.5, 0.6) is 5.75 Å². The Morgan fingerprint density at radius 1 is 1.11 bits per heavy atom. The maximum Gasteiger partial charge on any atom is 0.120 e. The molecule has 2 nitrogen and oxygen atoms in total. The van der Waals surface area contributed by atoms with E-state index < -0.39 is 0 Å². The number of phenols is 1. The monoisotopic (exact) mass is 305 g/mol. The van der Waals surface area contributed by atoms with Gasteiger partial charge in [-0.2, -0.15) is 0 Å². The summed E-state index contributed by atoms with van der Waals surface area (Å²) in [4.78, 5) is 2.14. The Morgan fingerprint density at radius 2 is 1.78 bits per heavy atom. The molecule has 0 bridgehead atoms. The fourth-order valence-electron chi connectivity index (χ4n) is 1.96. The summed E-state index contributed by atoms with van der Waals surface area (Å²) in [5, 5.41) is 9.95. The van der Waals surface area contributed by atoms with Crippen molar-refractivity contribution in [1.29, 1.82) is 0 Å². The van der Waals surface area contributed by atoms with E-state index in [1.54, 1.807) is 6.07 Å². The Hall–Kier alpha value is -1.48. The number of phenolic OH excluding ortho intramolecular Hbond substituents is 1. The molecule has 2 rings (SSSR count). The summed E-state index contributed by atoms with van der Waals surface area (Å²) in [5.74, 6) is 0.327. The van der Waals surface area contributed by atoms with Crippen LogP contribution in [-0.4, -0.2) is 12.2 Å². The molecule has 3 heteroatoms. The van der Waals surface area contributed by atoms with E-state index in [1.807, 2.05) is 37.4 Å². The molecule has 0 saturated heterocycles. The van der Waals surface area contributed by atoms with Gasteiger partial charge in [-0.15, -0.1) is 0 Å². The molecule has 0 aliphatic carbocycles. The minimum atomic E-state index is 0.102. The number of para-hydroxylation sites is 1. The van der Waals surface area contributed by atoms with Crippen molar-refractivity contribution in [3.05, 3.63) is 58.6 Å². The average molecular weight is 306 g/mol. The van der Waals surface area contributed by atoms with Gasteiger partial charge < -0.3 is 10.0 Å². The molecule has 1 N–H and O–H groups in total. The third kappa shape index (κ3) is 2.67. The molecule has 1 unspecified atom stereocenters. The first kappa shape index (κ1) is 13.0. The highest BCUT2D eigenvalue weighted by Gasteiger charge is 2.15. The molecule has 0 saturated carbocycles. The third-order valence-electron chi connectivity index (χ3n) is 3.18. The summed E-state index contributed by atoms with van der Waals surface area (Å²) in [5.41, 5.74) is 2.04. The minimum Gasteiger partial charge on any atom is -0.508 e. The van der Waals surface area contributed by atoms with E-state index in [0.29, 0.717) is 5.75 Å². The number of anilines is 1. The van der Waals surface area contributed by atoms with Crippen molar-refractivity contribution in [2.75, 3.05) is 11.9 Å². The summed E-state index contributed by atoms with van der Waals surface area (Å²) in [6.45, 7) is 2.08. The number of rotatable bonds is 3. The van der Waals surface area contributed by atoms with Crippen LogP contribution in [0.1, 0.15) is 18.5 Å². The molecule has 0 aromatic heterocycles. The molecule has 0 radical (unpaired) electrons. The molecule has 2 aromatic rings. The van der Waals surface area contributed by atoms with E-state index >= 15 is 0 Å². The highest BCUT2D eigenvalue weighted by Crippen LogP contribution is 2.32. The van der Waals surface area contributed by atoms with Crippen LogP contribution in [0.2, 0.25) is 0 Å². The quantitative estimate of drug-likeness (QED) is 0.911. The summed E-state index contributed by atoms with van der Waals surface area (Å²) in [7, 11) is 2.03. The van der Waals surface area contributed by atoms with E-state index in [4.69, 9.17) is 0 Å². The smallest absolute Gasteiger partial charge is 0.120 e. The zero-order valence-electron chi connectivity index (χ0n) is 10.5. The van der Waals surface area contributed by atoms with E-state index in [1.165, 1.54) is 0 Å². The zero-order chi connectivity index (χ0) is 13.1. The number of halogens is 1. The number of hydrogen-bond donors (Lipinski definition) is 1. The Morgan fingerprint density at radius 3 is 2.44 bits per heavy atom. The molecule has 94 valence electrons. The maximum absolute atomic E-state index is 9.95. The molecule has 0 heterocycles. The van der Waals surface area contributed by atoms with Gasteiger partial charge in [0.05, 0.1) is 6.04 Å². The first-order valence-electron chi connectivity index (χ1n) is 5.86. The van der Waals surface area contributed by atoms with Crippen molar-refractivity contribution in [2.24, 2.45) is 0 Å². The topological polar surface area (TPSA) is 23.5 Å². The van der Waals surface area contributed by atoms with Crippen LogP contribution in [0.4, 0.5) is 5.69 Å². The highest BCUT2D eigenvalue weighted by molar-refractivity contribution is 9.10. The molecule has 2 aromatic carbocycles. The van der Waals surface area contributed by atoms with Crippen LogP contribution in [0.25, 0.3) is 0 Å². The molecular weight excluding hydrogens is 290 g/mol. The third-order valence-corrected chi connectivity index (χ3v) is 3.68. The van der Waals surface area contributed by atoms with Crippen LogP contribution in [0.3, 0.4) is 0 Å². The van der Waals surface area contributed by atoms with Crippen LogP contribution in [-0.2, 0) is 0 Å². The van der Waals surface area contributed by atoms with Crippen molar-refractivity contribution in [2.45, 2.75) is 13.0 Å². The van der Waals surface area contributed by atoms with Gasteiger partial charge in [-0.25, -0.2) is 0 Å². The second-order valence-corrected chi connectivity index (χ2v) is 5.24. The first-order valence-corrected chi connectivity index (χ1v) is 6.65. The van der Waals surface area contributed by atoms with Gasteiger partial charge in [-0.3, -0.25) is 0 Å². The van der Waals surface area contributed by atoms with Crippen molar-refractivity contribution < 1.29 is 5.11 Å². The molecule has 0 fully saturated rings. The molecular formula is C15H16BrNO. The van der Waals surface area contributed by atoms with Gasteiger partial charge in [0.1, 0.15) is 5.75 Å². The van der Waals surface area contributed by atoms with Gasteiger partial charge in [-0.05, 0) is 37.3 Å². The molecule has 0 spiro atoms. The summed E-state index contributed by atoms with van der Waals surface area (Å²) in [6.07, 6.45) is 0. The Balaban J connectivity index is 2.31. The second-order valence-electron chi connectivity index (χ2n) is 4.33. The lowest BCUT2D eigenvalue weighted by molar-refractivity contribution is 0.462. The van der Waals surface area contributed by atoms with Crippen LogP contribution >= 0.6 is 15.9 Å². The first-order chi connectivity index (χ1) is 8.59. The predicted molar refractivity (Wildman–Crippen MR) is 79.1 cm³/mol. The fourth-order valence-corrected chi connectivity index (χ4v) is 2.33. The minimum absolute atomic E-state index is 0.102. The van der Waals surface area contributed by atoms with Gasteiger partial charge in [-0.1, -0.05) is 34.1 Å². The van der Waals surface area contributed by atoms with Gasteiger partial charge >= 0.3 is 0 Å². The molecule has 18 heavy (non-hydrogen) atoms. The van der Waals surface area contributed by atoms with E-state index in [9.17, 15) is 5.11 Å². The average Bonchev–Trinajstić information content (AvgIpc) is 2.41. The van der Waals surface area contributed by atoms with Crippen molar-refractivity contribution in [3.63, 3.8) is 0 Å². The number of nitrogens with zero attached hydrogens (tertiary/aromatic N) is 1. The van der Waals surface area contributed by atoms with Crippen molar-refractivity contribution in [3.8, 4) is 5.75 Å². The SMILES string of the molecule is CC(c1cc(Br)ccc1O)N(C)c1ccccc1. The van der Waals surface area contributed by atoms with E-state index in [0.717, 1.165) is 15.7 Å². The van der Waals surface area contributed by atoms with Gasteiger partial charge in [0.2, 0.25) is 0 Å². The molecule has 0 aliphatic rings. The number of hydrogen-bond acceptors (Lipinski definition) is 2. The molecule has 0 amide bonds. The maximum atomic E-state index is 9.95. The summed E-state index contributed by atoms with van der Waals surface area (Å²) < 4.78 is 0.976. The Bertz CT molecular complexity index is 527. The van der Waals surface area contributed by atoms with Gasteiger partial charge in [0.15, 0.2) is 0 Å². The number of aromatic hydroxyl groups is 1. The normalized spacial score (nSPS) is 12.2. The lowest BCUT2D eigenvalue weighted by Crippen LogP contribution is -2.21. The van der Waals surface area contributed by atoms with Crippen LogP contribution in [0.15, 0.2) is 53.0 Å². The Labute approximate surface area is 116 Å². The van der Waals surface area contributed by atoms with Crippen molar-refractivity contribution in [1.82, 2.24) is 0 Å². The summed E-state index contributed by atoms with van der Waals surface area (Å²) >= 11 is 3.44. The van der Waals surface area contributed by atoms with Gasteiger partial charge in [0.25, 0.3) is 0 Å². The highest BCUT2D eigenvalue weighted by atomic mass is 79.9. The van der Waals surface area contributed by atoms with Crippen LogP contribution in [0, 0.1) is 0 Å². The molecule has 0 aliphatic heterocycles. The van der Waals surface area contributed by atoms with E-state index in [2.05, 4.69) is 39.9 Å². The lowest BCUT2D eigenvalue weighted by atomic mass is 10.1. The van der Waals surface area contributed by atoms with E-state index in [-0.39, 0.29) is 6.04 Å². The molecule has 1 atom stereocenters. The predicted octanol–water partition coefficient (Wildman–Crippen LogP) is 4.35. The standard InChI is InChI=1S/C15H16BrNO/c1-11(14-10-12(16)8-9-15(14)18)17(2)13-6-4-3-5-7-13/h3-11,18H,1-2H3.